The van der Waals surface area contributed by atoms with E-state index in [4.69, 9.17) is 0 Å². The molecule has 0 aromatic rings. The molecule has 0 amide bonds. The highest BCUT2D eigenvalue weighted by atomic mass is 32.2. The Hall–Kier alpha value is -0.220. The second-order valence-corrected chi connectivity index (χ2v) is 2.99. The Morgan fingerprint density at radius 2 is 2.40 bits per heavy atom. The molecular formula is C6H14NO2S+. The van der Waals surface area contributed by atoms with Gasteiger partial charge in [-0.25, -0.2) is 4.79 Å². The molecule has 0 aliphatic carbocycles. The number of hydrogen-bond acceptors (Lipinski definition) is 3. The molecule has 0 fully saturated rings. The van der Waals surface area contributed by atoms with Crippen molar-refractivity contribution in [3.63, 3.8) is 0 Å². The van der Waals surface area contributed by atoms with E-state index < -0.39 is 0 Å². The number of quaternary nitrogens is 1. The molecule has 3 N–H and O–H groups in total. The number of ether oxygens (including phenoxy) is 1. The van der Waals surface area contributed by atoms with E-state index in [1.54, 1.807) is 11.8 Å². The van der Waals surface area contributed by atoms with Crippen molar-refractivity contribution in [3.05, 3.63) is 0 Å². The summed E-state index contributed by atoms with van der Waals surface area (Å²) < 4.78 is 4.50. The van der Waals surface area contributed by atoms with E-state index in [-0.39, 0.29) is 12.0 Å². The van der Waals surface area contributed by atoms with Crippen LogP contribution in [0, 0.1) is 0 Å². The average molecular weight is 164 g/mol. The summed E-state index contributed by atoms with van der Waals surface area (Å²) in [6, 6.07) is -0.197. The van der Waals surface area contributed by atoms with Gasteiger partial charge in [0.25, 0.3) is 0 Å². The Labute approximate surface area is 65.3 Å². The van der Waals surface area contributed by atoms with Crippen LogP contribution in [-0.4, -0.2) is 31.1 Å². The van der Waals surface area contributed by atoms with Crippen LogP contribution in [0.1, 0.15) is 6.42 Å². The van der Waals surface area contributed by atoms with E-state index in [0.717, 1.165) is 12.2 Å². The van der Waals surface area contributed by atoms with Gasteiger partial charge >= 0.3 is 5.97 Å². The lowest BCUT2D eigenvalue weighted by molar-refractivity contribution is -0.408. The van der Waals surface area contributed by atoms with Gasteiger partial charge in [0.15, 0.2) is 6.04 Å². The molecule has 0 radical (unpaired) electrons. The lowest BCUT2D eigenvalue weighted by atomic mass is 10.2. The minimum atomic E-state index is -0.214. The van der Waals surface area contributed by atoms with E-state index in [1.165, 1.54) is 7.11 Å². The Kier molecular flexibility index (Phi) is 5.43. The van der Waals surface area contributed by atoms with Gasteiger partial charge in [-0.1, -0.05) is 0 Å². The molecule has 3 nitrogen and oxygen atoms in total. The highest BCUT2D eigenvalue weighted by molar-refractivity contribution is 7.98. The van der Waals surface area contributed by atoms with Crippen molar-refractivity contribution >= 4 is 17.7 Å². The third kappa shape index (κ3) is 3.74. The van der Waals surface area contributed by atoms with Crippen molar-refractivity contribution in [3.8, 4) is 0 Å². The summed E-state index contributed by atoms with van der Waals surface area (Å²) in [5.41, 5.74) is 3.66. The van der Waals surface area contributed by atoms with Crippen molar-refractivity contribution in [2.45, 2.75) is 12.5 Å². The zero-order chi connectivity index (χ0) is 7.98. The summed E-state index contributed by atoms with van der Waals surface area (Å²) in [5.74, 6) is 0.748. The molecule has 1 atom stereocenters. The van der Waals surface area contributed by atoms with Gasteiger partial charge in [0.2, 0.25) is 0 Å². The number of methoxy groups -OCH3 is 1. The molecule has 0 unspecified atom stereocenters. The fraction of sp³-hybridized carbons (Fsp3) is 0.833. The van der Waals surface area contributed by atoms with Crippen LogP contribution in [0.15, 0.2) is 0 Å². The summed E-state index contributed by atoms with van der Waals surface area (Å²) in [6.07, 6.45) is 2.80. The molecule has 0 bridgehead atoms. The molecule has 0 spiro atoms. The van der Waals surface area contributed by atoms with Crippen molar-refractivity contribution in [2.24, 2.45) is 0 Å². The zero-order valence-corrected chi connectivity index (χ0v) is 7.24. The summed E-state index contributed by atoms with van der Waals surface area (Å²) >= 11 is 1.71. The Balaban J connectivity index is 3.41. The third-order valence-electron chi connectivity index (χ3n) is 1.20. The molecule has 0 aliphatic rings. The highest BCUT2D eigenvalue weighted by Gasteiger charge is 2.15. The summed E-state index contributed by atoms with van der Waals surface area (Å²) in [7, 11) is 1.39. The number of hydrogen-bond donors (Lipinski definition) is 1. The quantitative estimate of drug-likeness (QED) is 0.571. The van der Waals surface area contributed by atoms with Crippen LogP contribution in [-0.2, 0) is 9.53 Å². The maximum atomic E-state index is 10.7. The first-order valence-electron chi connectivity index (χ1n) is 3.12. The maximum Gasteiger partial charge on any atom is 0.364 e. The average Bonchev–Trinajstić information content (AvgIpc) is 1.98. The topological polar surface area (TPSA) is 53.9 Å². The molecule has 4 heteroatoms. The number of carbonyl (C=O) groups excluding carboxylic acids is 1. The van der Waals surface area contributed by atoms with Crippen molar-refractivity contribution in [1.29, 1.82) is 0 Å². The molecule has 0 aliphatic heterocycles. The molecule has 0 aromatic heterocycles. The van der Waals surface area contributed by atoms with Crippen LogP contribution in [0.2, 0.25) is 0 Å². The van der Waals surface area contributed by atoms with E-state index in [2.05, 4.69) is 10.5 Å². The molecule has 0 saturated heterocycles. The highest BCUT2D eigenvalue weighted by Crippen LogP contribution is 1.97. The number of thioether (sulfide) groups is 1. The van der Waals surface area contributed by atoms with Crippen LogP contribution in [0.4, 0.5) is 0 Å². The zero-order valence-electron chi connectivity index (χ0n) is 6.42. The Morgan fingerprint density at radius 1 is 1.80 bits per heavy atom. The van der Waals surface area contributed by atoms with Gasteiger partial charge in [0.1, 0.15) is 0 Å². The monoisotopic (exact) mass is 164 g/mol. The minimum absolute atomic E-state index is 0.197. The van der Waals surface area contributed by atoms with Crippen LogP contribution >= 0.6 is 11.8 Å². The number of rotatable bonds is 4. The molecule has 0 saturated carbocycles. The fourth-order valence-electron chi connectivity index (χ4n) is 0.545. The minimum Gasteiger partial charge on any atom is -0.465 e. The molecule has 0 heterocycles. The molecule has 10 heavy (non-hydrogen) atoms. The number of esters is 1. The summed E-state index contributed by atoms with van der Waals surface area (Å²) in [5, 5.41) is 0. The Bertz CT molecular complexity index is 108. The molecule has 60 valence electrons. The SMILES string of the molecule is COC(=O)[C@@H]([NH3+])CCSC. The second-order valence-electron chi connectivity index (χ2n) is 2.00. The first-order valence-corrected chi connectivity index (χ1v) is 4.51. The van der Waals surface area contributed by atoms with Crippen LogP contribution in [0.25, 0.3) is 0 Å². The van der Waals surface area contributed by atoms with Crippen molar-refractivity contribution in [1.82, 2.24) is 0 Å². The normalized spacial score (nSPS) is 12.7. The van der Waals surface area contributed by atoms with E-state index in [9.17, 15) is 4.79 Å². The van der Waals surface area contributed by atoms with Crippen LogP contribution in [0.3, 0.4) is 0 Å². The van der Waals surface area contributed by atoms with Crippen LogP contribution in [0.5, 0.6) is 0 Å². The first-order chi connectivity index (χ1) is 4.72. The van der Waals surface area contributed by atoms with Crippen molar-refractivity contribution in [2.75, 3.05) is 19.1 Å². The standard InChI is InChI=1S/C6H13NO2S/c1-9-6(8)5(7)3-4-10-2/h5H,3-4,7H2,1-2H3/p+1/t5-/m0/s1. The van der Waals surface area contributed by atoms with E-state index in [1.807, 2.05) is 6.26 Å². The van der Waals surface area contributed by atoms with Crippen LogP contribution < -0.4 is 5.73 Å². The predicted octanol–water partition coefficient (Wildman–Crippen LogP) is -0.477. The molecule has 0 rings (SSSR count). The summed E-state index contributed by atoms with van der Waals surface area (Å²) in [6.45, 7) is 0. The van der Waals surface area contributed by atoms with E-state index >= 15 is 0 Å². The smallest absolute Gasteiger partial charge is 0.364 e. The fourth-order valence-corrected chi connectivity index (χ4v) is 1.06. The van der Waals surface area contributed by atoms with E-state index in [0.29, 0.717) is 0 Å². The van der Waals surface area contributed by atoms with Gasteiger partial charge in [-0.2, -0.15) is 11.8 Å². The Morgan fingerprint density at radius 3 is 2.80 bits per heavy atom. The van der Waals surface area contributed by atoms with Gasteiger partial charge in [0, 0.05) is 6.42 Å². The molecule has 0 aromatic carbocycles. The van der Waals surface area contributed by atoms with Gasteiger partial charge < -0.3 is 10.5 Å². The second kappa shape index (κ2) is 5.56. The largest absolute Gasteiger partial charge is 0.465 e. The van der Waals surface area contributed by atoms with Crippen molar-refractivity contribution < 1.29 is 15.3 Å². The molecular weight excluding hydrogens is 150 g/mol. The third-order valence-corrected chi connectivity index (χ3v) is 1.85. The lowest BCUT2D eigenvalue weighted by Crippen LogP contribution is -2.65. The number of carbonyl (C=O) groups is 1. The van der Waals surface area contributed by atoms with Gasteiger partial charge in [-0.05, 0) is 12.0 Å². The van der Waals surface area contributed by atoms with Gasteiger partial charge in [0.05, 0.1) is 7.11 Å². The predicted molar refractivity (Wildman–Crippen MR) is 41.7 cm³/mol. The maximum absolute atomic E-state index is 10.7. The first kappa shape index (κ1) is 9.78. The summed E-state index contributed by atoms with van der Waals surface area (Å²) in [4.78, 5) is 10.7. The lowest BCUT2D eigenvalue weighted by Gasteiger charge is -2.03. The van der Waals surface area contributed by atoms with Gasteiger partial charge in [-0.15, -0.1) is 0 Å². The van der Waals surface area contributed by atoms with Gasteiger partial charge in [-0.3, -0.25) is 0 Å².